The number of hydrogen-bond acceptors (Lipinski definition) is 2. The summed E-state index contributed by atoms with van der Waals surface area (Å²) >= 11 is 0. The second-order valence-corrected chi connectivity index (χ2v) is 6.25. The summed E-state index contributed by atoms with van der Waals surface area (Å²) in [6.07, 6.45) is 0. The molecular weight excluding hydrogens is 380 g/mol. The topological polar surface area (TPSA) is 22.1 Å². The molecule has 1 heterocycles. The molecular formula is C23H18ClF2NO. The highest BCUT2D eigenvalue weighted by atomic mass is 35.5. The molecule has 0 fully saturated rings. The molecule has 3 aromatic carbocycles. The van der Waals surface area contributed by atoms with Gasteiger partial charge >= 0.3 is 6.61 Å². The van der Waals surface area contributed by atoms with Gasteiger partial charge in [-0.15, -0.1) is 12.4 Å². The highest BCUT2D eigenvalue weighted by Gasteiger charge is 2.15. The Labute approximate surface area is 168 Å². The van der Waals surface area contributed by atoms with E-state index in [-0.39, 0.29) is 18.2 Å². The van der Waals surface area contributed by atoms with Crippen LogP contribution in [-0.4, -0.2) is 11.6 Å². The number of alkyl halides is 2. The summed E-state index contributed by atoms with van der Waals surface area (Å²) in [5.74, 6) is 0.135. The molecule has 4 aromatic rings. The van der Waals surface area contributed by atoms with Crippen molar-refractivity contribution in [2.24, 2.45) is 0 Å². The van der Waals surface area contributed by atoms with E-state index < -0.39 is 6.61 Å². The fraction of sp³-hybridized carbons (Fsp3) is 0.0870. The highest BCUT2D eigenvalue weighted by Crippen LogP contribution is 2.36. The number of pyridine rings is 1. The van der Waals surface area contributed by atoms with E-state index in [0.717, 1.165) is 38.9 Å². The van der Waals surface area contributed by atoms with E-state index in [4.69, 9.17) is 4.98 Å². The molecule has 0 aliphatic heterocycles. The van der Waals surface area contributed by atoms with Crippen molar-refractivity contribution in [1.29, 1.82) is 0 Å². The average molecular weight is 398 g/mol. The molecule has 2 nitrogen and oxygen atoms in total. The normalized spacial score (nSPS) is 10.7. The first-order chi connectivity index (χ1) is 13.1. The maximum Gasteiger partial charge on any atom is 0.387 e. The number of fused-ring (bicyclic) bond motifs is 1. The van der Waals surface area contributed by atoms with Crippen LogP contribution < -0.4 is 4.74 Å². The van der Waals surface area contributed by atoms with Gasteiger partial charge in [0.2, 0.25) is 0 Å². The molecule has 0 radical (unpaired) electrons. The number of hydrogen-bond donors (Lipinski definition) is 0. The van der Waals surface area contributed by atoms with Gasteiger partial charge in [-0.2, -0.15) is 8.78 Å². The molecule has 28 heavy (non-hydrogen) atoms. The van der Waals surface area contributed by atoms with Crippen LogP contribution in [0.5, 0.6) is 5.75 Å². The number of nitrogens with zero attached hydrogens (tertiary/aromatic N) is 1. The van der Waals surface area contributed by atoms with Gasteiger partial charge in [-0.3, -0.25) is 0 Å². The fourth-order valence-electron chi connectivity index (χ4n) is 3.36. The minimum Gasteiger partial charge on any atom is -0.435 e. The lowest BCUT2D eigenvalue weighted by atomic mass is 9.93. The van der Waals surface area contributed by atoms with Gasteiger partial charge in [0.05, 0.1) is 11.2 Å². The Morgan fingerprint density at radius 1 is 0.786 bits per heavy atom. The summed E-state index contributed by atoms with van der Waals surface area (Å²) in [5, 5.41) is 1.09. The molecule has 0 N–H and O–H groups in total. The molecule has 142 valence electrons. The Morgan fingerprint density at radius 2 is 1.43 bits per heavy atom. The Kier molecular flexibility index (Phi) is 5.90. The van der Waals surface area contributed by atoms with Crippen LogP contribution in [0.25, 0.3) is 33.3 Å². The summed E-state index contributed by atoms with van der Waals surface area (Å²) in [6, 6.07) is 24.8. The summed E-state index contributed by atoms with van der Waals surface area (Å²) in [7, 11) is 0. The minimum atomic E-state index is -2.83. The molecule has 0 aliphatic carbocycles. The van der Waals surface area contributed by atoms with E-state index in [0.29, 0.717) is 0 Å². The Bertz CT molecular complexity index is 1080. The van der Waals surface area contributed by atoms with Crippen molar-refractivity contribution < 1.29 is 13.5 Å². The first-order valence-corrected chi connectivity index (χ1v) is 8.63. The van der Waals surface area contributed by atoms with Crippen molar-refractivity contribution in [3.8, 4) is 28.1 Å². The second-order valence-electron chi connectivity index (χ2n) is 6.25. The minimum absolute atomic E-state index is 0. The molecule has 0 atom stereocenters. The Morgan fingerprint density at radius 3 is 2.11 bits per heavy atom. The summed E-state index contributed by atoms with van der Waals surface area (Å²) in [4.78, 5) is 4.83. The lowest BCUT2D eigenvalue weighted by molar-refractivity contribution is -0.0498. The van der Waals surface area contributed by atoms with Crippen LogP contribution in [0.1, 0.15) is 5.56 Å². The van der Waals surface area contributed by atoms with E-state index in [2.05, 4.69) is 22.9 Å². The van der Waals surface area contributed by atoms with Crippen molar-refractivity contribution in [3.05, 3.63) is 84.4 Å². The van der Waals surface area contributed by atoms with E-state index in [9.17, 15) is 8.78 Å². The van der Waals surface area contributed by atoms with Crippen LogP contribution in [0, 0.1) is 6.92 Å². The van der Waals surface area contributed by atoms with Crippen molar-refractivity contribution >= 4 is 23.3 Å². The third-order valence-electron chi connectivity index (χ3n) is 4.55. The van der Waals surface area contributed by atoms with Gasteiger partial charge in [0, 0.05) is 10.9 Å². The third-order valence-corrected chi connectivity index (χ3v) is 4.55. The lowest BCUT2D eigenvalue weighted by Crippen LogP contribution is -2.01. The van der Waals surface area contributed by atoms with E-state index in [1.807, 2.05) is 43.3 Å². The molecule has 1 aromatic heterocycles. The van der Waals surface area contributed by atoms with Gasteiger partial charge in [0.1, 0.15) is 5.75 Å². The Balaban J connectivity index is 0.00000225. The highest BCUT2D eigenvalue weighted by molar-refractivity contribution is 5.99. The molecule has 0 saturated carbocycles. The van der Waals surface area contributed by atoms with Gasteiger partial charge in [0.25, 0.3) is 0 Å². The van der Waals surface area contributed by atoms with Crippen LogP contribution >= 0.6 is 12.4 Å². The van der Waals surface area contributed by atoms with Crippen LogP contribution in [0.4, 0.5) is 8.78 Å². The fourth-order valence-corrected chi connectivity index (χ4v) is 3.36. The van der Waals surface area contributed by atoms with E-state index in [1.54, 1.807) is 24.3 Å². The maximum absolute atomic E-state index is 12.4. The molecule has 0 unspecified atom stereocenters. The van der Waals surface area contributed by atoms with Gasteiger partial charge in [-0.25, -0.2) is 4.98 Å². The van der Waals surface area contributed by atoms with Crippen molar-refractivity contribution in [3.63, 3.8) is 0 Å². The molecule has 4 rings (SSSR count). The number of benzene rings is 3. The molecule has 0 bridgehead atoms. The first kappa shape index (κ1) is 19.8. The molecule has 0 saturated heterocycles. The Hall–Kier alpha value is -2.98. The van der Waals surface area contributed by atoms with Gasteiger partial charge < -0.3 is 4.74 Å². The smallest absolute Gasteiger partial charge is 0.387 e. The zero-order valence-electron chi connectivity index (χ0n) is 15.1. The SMILES string of the molecule is Cc1c(-c2ccc(OC(F)F)cc2)nc2ccccc2c1-c1ccccc1.Cl. The predicted molar refractivity (Wildman–Crippen MR) is 111 cm³/mol. The van der Waals surface area contributed by atoms with Crippen molar-refractivity contribution in [2.45, 2.75) is 13.5 Å². The maximum atomic E-state index is 12.4. The number of rotatable bonds is 4. The predicted octanol–water partition coefficient (Wildman–Crippen LogP) is 6.90. The van der Waals surface area contributed by atoms with Gasteiger partial charge in [-0.05, 0) is 53.9 Å². The number of aromatic nitrogens is 1. The largest absolute Gasteiger partial charge is 0.435 e. The van der Waals surface area contributed by atoms with Crippen molar-refractivity contribution in [1.82, 2.24) is 4.98 Å². The van der Waals surface area contributed by atoms with Gasteiger partial charge in [-0.1, -0.05) is 48.5 Å². The zero-order valence-corrected chi connectivity index (χ0v) is 15.9. The van der Waals surface area contributed by atoms with Crippen LogP contribution in [0.3, 0.4) is 0 Å². The summed E-state index contributed by atoms with van der Waals surface area (Å²) in [5.41, 5.74) is 5.87. The first-order valence-electron chi connectivity index (χ1n) is 8.63. The summed E-state index contributed by atoms with van der Waals surface area (Å²) < 4.78 is 29.2. The van der Waals surface area contributed by atoms with E-state index >= 15 is 0 Å². The van der Waals surface area contributed by atoms with E-state index in [1.165, 1.54) is 0 Å². The number of halogens is 3. The molecule has 0 spiro atoms. The van der Waals surface area contributed by atoms with Gasteiger partial charge in [0.15, 0.2) is 0 Å². The number of para-hydroxylation sites is 1. The number of ether oxygens (including phenoxy) is 1. The standard InChI is InChI=1S/C23H17F2NO.ClH/c1-15-21(16-7-3-2-4-8-16)19-9-5-6-10-20(19)26-22(15)17-11-13-18(14-12-17)27-23(24)25;/h2-14,23H,1H3;1H. The molecule has 0 amide bonds. The molecule has 0 aliphatic rings. The van der Waals surface area contributed by atoms with Crippen LogP contribution in [0.15, 0.2) is 78.9 Å². The molecule has 5 heteroatoms. The van der Waals surface area contributed by atoms with Crippen LogP contribution in [0.2, 0.25) is 0 Å². The third kappa shape index (κ3) is 3.82. The zero-order chi connectivity index (χ0) is 18.8. The quantitative estimate of drug-likeness (QED) is 0.373. The second kappa shape index (κ2) is 8.36. The lowest BCUT2D eigenvalue weighted by Gasteiger charge is -2.15. The summed E-state index contributed by atoms with van der Waals surface area (Å²) in [6.45, 7) is -0.790. The average Bonchev–Trinajstić information content (AvgIpc) is 2.68. The van der Waals surface area contributed by atoms with Crippen molar-refractivity contribution in [2.75, 3.05) is 0 Å². The van der Waals surface area contributed by atoms with Crippen LogP contribution in [-0.2, 0) is 0 Å². The monoisotopic (exact) mass is 397 g/mol.